The average molecular weight is 426 g/mol. The highest BCUT2D eigenvalue weighted by molar-refractivity contribution is 7.50. The van der Waals surface area contributed by atoms with E-state index in [1.165, 1.54) is 0 Å². The van der Waals surface area contributed by atoms with E-state index < -0.39 is 58.3 Å². The van der Waals surface area contributed by atoms with Gasteiger partial charge in [-0.3, -0.25) is 0 Å². The molecule has 8 atom stereocenters. The number of hydrogen-bond donors (Lipinski definition) is 5. The molecule has 0 radical (unpaired) electrons. The monoisotopic (exact) mass is 426 g/mol. The van der Waals surface area contributed by atoms with Gasteiger partial charge in [-0.2, -0.15) is 0 Å². The molecule has 4 bridgehead atoms. The zero-order chi connectivity index (χ0) is 18.5. The Balaban J connectivity index is 1.92. The zero-order valence-electron chi connectivity index (χ0n) is 11.1. The molecule has 4 aliphatic heterocycles. The molecule has 0 aromatic rings. The van der Waals surface area contributed by atoms with Gasteiger partial charge < -0.3 is 25.5 Å². The van der Waals surface area contributed by atoms with Crippen LogP contribution in [0.4, 0.5) is 0 Å². The van der Waals surface area contributed by atoms with Gasteiger partial charge in [0.2, 0.25) is 0 Å². The fourth-order valence-corrected chi connectivity index (χ4v) is 7.65. The van der Waals surface area contributed by atoms with Gasteiger partial charge in [-0.15, -0.1) is 0 Å². The fourth-order valence-electron chi connectivity index (χ4n) is 3.43. The molecule has 0 aromatic heterocycles. The maximum atomic E-state index is 12.3. The van der Waals surface area contributed by atoms with Crippen LogP contribution in [0.25, 0.3) is 0 Å². The summed E-state index contributed by atoms with van der Waals surface area (Å²) in [5.41, 5.74) is 0. The molecule has 0 amide bonds. The molecular weight excluding hydrogens is 421 g/mol. The molecule has 5 rings (SSSR count). The van der Waals surface area contributed by atoms with E-state index in [2.05, 4.69) is 31.7 Å². The van der Waals surface area contributed by atoms with Crippen LogP contribution in [0.15, 0.2) is 0 Å². The first-order valence-corrected chi connectivity index (χ1v) is 10.1. The van der Waals surface area contributed by atoms with Gasteiger partial charge in [0.1, 0.15) is 0 Å². The topological polar surface area (TPSA) is 234 Å². The van der Waals surface area contributed by atoms with Crippen LogP contribution in [0.3, 0.4) is 0 Å². The van der Waals surface area contributed by atoms with E-state index in [9.17, 15) is 43.8 Å². The van der Waals surface area contributed by atoms with Crippen molar-refractivity contribution in [2.75, 3.05) is 0 Å². The van der Waals surface area contributed by atoms with Crippen molar-refractivity contribution in [2.45, 2.75) is 34.7 Å². The van der Waals surface area contributed by atoms with Crippen LogP contribution < -0.4 is 0 Å². The lowest BCUT2D eigenvalue weighted by atomic mass is 9.69. The van der Waals surface area contributed by atoms with Gasteiger partial charge in [0.25, 0.3) is 28.9 Å². The molecule has 2 unspecified atom stereocenters. The summed E-state index contributed by atoms with van der Waals surface area (Å²) in [7, 11) is -14.4. The number of aliphatic hydroxyl groups is 5. The van der Waals surface area contributed by atoms with Gasteiger partial charge in [-0.1, -0.05) is 0 Å². The Morgan fingerprint density at radius 2 is 0.960 bits per heavy atom. The second-order valence-electron chi connectivity index (χ2n) is 5.59. The molecule has 1 saturated carbocycles. The minimum absolute atomic E-state index is 3.80. The molecule has 0 aromatic carbocycles. The lowest BCUT2D eigenvalue weighted by molar-refractivity contribution is -0.588. The number of phosphoric acid groups is 2. The minimum atomic E-state index is -5.13. The van der Waals surface area contributed by atoms with Crippen molar-refractivity contribution in [3.63, 3.8) is 0 Å². The summed E-state index contributed by atoms with van der Waals surface area (Å²) in [4.78, 5) is 0. The normalized spacial score (nSPS) is 69.3. The van der Waals surface area contributed by atoms with Crippen molar-refractivity contribution in [3.05, 3.63) is 0 Å². The summed E-state index contributed by atoms with van der Waals surface area (Å²) in [5.74, 6) is -23.1. The SMILES string of the molecule is O=P(=O)O[C@@]12OP3(=O)O[C@@](O)([C@@]4(O)OP5(=O)O[C@]4(O)[C@]1(O)O5)[C@@]2(O)O3. The van der Waals surface area contributed by atoms with Gasteiger partial charge in [0, 0.05) is 0 Å². The average Bonchev–Trinajstić information content (AvgIpc) is 2.93. The van der Waals surface area contributed by atoms with Crippen LogP contribution in [0.5, 0.6) is 0 Å². The first-order chi connectivity index (χ1) is 11.2. The van der Waals surface area contributed by atoms with E-state index in [1.54, 1.807) is 0 Å². The molecule has 16 nitrogen and oxygen atoms in total. The Kier molecular flexibility index (Phi) is 2.54. The van der Waals surface area contributed by atoms with Gasteiger partial charge >= 0.3 is 29.3 Å². The Morgan fingerprint density at radius 1 is 0.640 bits per heavy atom. The summed E-state index contributed by atoms with van der Waals surface area (Å²) in [6.45, 7) is 0. The summed E-state index contributed by atoms with van der Waals surface area (Å²) >= 11 is 0. The first kappa shape index (κ1) is 17.0. The Morgan fingerprint density at radius 3 is 1.32 bits per heavy atom. The molecule has 5 N–H and O–H groups in total. The molecule has 4 saturated heterocycles. The zero-order valence-corrected chi connectivity index (χ0v) is 13.8. The van der Waals surface area contributed by atoms with Crippen molar-refractivity contribution >= 4 is 23.6 Å². The highest BCUT2D eigenvalue weighted by atomic mass is 31.2. The first-order valence-electron chi connectivity index (χ1n) is 6.06. The lowest BCUT2D eigenvalue weighted by Gasteiger charge is -2.61. The standard InChI is InChI=1S/C6H5O16P3/c7-1-2(8)4(10,20-24(14,17-1)18-2)6(16-23(12)13)5(11)3(1,9)19-25(15,21-5)22-6/h7-11H/t1-,2-,3-,4-,5+,6+,24?,25?/m0/s1. The predicted octanol–water partition coefficient (Wildman–Crippen LogP) is -2.39. The Labute approximate surface area is 134 Å². The molecule has 19 heteroatoms. The Bertz CT molecular complexity index is 906. The van der Waals surface area contributed by atoms with Gasteiger partial charge in [0.15, 0.2) is 0 Å². The van der Waals surface area contributed by atoms with E-state index in [0.29, 0.717) is 0 Å². The van der Waals surface area contributed by atoms with Gasteiger partial charge in [-0.05, 0) is 0 Å². The van der Waals surface area contributed by atoms with E-state index >= 15 is 0 Å². The molecule has 5 fully saturated rings. The third kappa shape index (κ3) is 1.27. The maximum absolute atomic E-state index is 12.3. The van der Waals surface area contributed by atoms with Gasteiger partial charge in [-0.25, -0.2) is 49.9 Å². The number of hydrogen-bond acceptors (Lipinski definition) is 16. The van der Waals surface area contributed by atoms with Crippen LogP contribution in [0.1, 0.15) is 0 Å². The molecule has 1 aliphatic carbocycles. The van der Waals surface area contributed by atoms with Crippen LogP contribution in [0, 0.1) is 0 Å². The van der Waals surface area contributed by atoms with Crippen LogP contribution in [-0.4, -0.2) is 60.3 Å². The second-order valence-corrected chi connectivity index (χ2v) is 9.11. The number of rotatable bonds is 2. The van der Waals surface area contributed by atoms with Crippen molar-refractivity contribution in [3.8, 4) is 0 Å². The van der Waals surface area contributed by atoms with Crippen molar-refractivity contribution in [1.82, 2.24) is 0 Å². The van der Waals surface area contributed by atoms with Crippen molar-refractivity contribution in [2.24, 2.45) is 0 Å². The lowest BCUT2D eigenvalue weighted by Crippen LogP contribution is -2.94. The molecule has 140 valence electrons. The van der Waals surface area contributed by atoms with Crippen LogP contribution in [0.2, 0.25) is 0 Å². The summed E-state index contributed by atoms with van der Waals surface area (Å²) in [6, 6.07) is 0. The largest absolute Gasteiger partial charge is 0.483 e. The second kappa shape index (κ2) is 3.73. The highest BCUT2D eigenvalue weighted by Crippen LogP contribution is 2.90. The van der Waals surface area contributed by atoms with E-state index in [-0.39, 0.29) is 0 Å². The summed E-state index contributed by atoms with van der Waals surface area (Å²) < 4.78 is 77.3. The fraction of sp³-hybridized carbons (Fsp3) is 1.00. The molecule has 0 spiro atoms. The smallest absolute Gasteiger partial charge is 0.356 e. The quantitative estimate of drug-likeness (QED) is 0.290. The highest BCUT2D eigenvalue weighted by Gasteiger charge is 3.09. The Hall–Kier alpha value is -0.120. The maximum Gasteiger partial charge on any atom is 0.483 e. The van der Waals surface area contributed by atoms with Crippen molar-refractivity contribution < 1.29 is 75.5 Å². The van der Waals surface area contributed by atoms with Crippen LogP contribution >= 0.6 is 23.6 Å². The number of phosphoric ester groups is 2. The minimum Gasteiger partial charge on any atom is -0.356 e. The molecular formula is C6H5O16P3. The molecule has 25 heavy (non-hydrogen) atoms. The third-order valence-corrected chi connectivity index (χ3v) is 7.72. The van der Waals surface area contributed by atoms with Crippen LogP contribution in [-0.2, 0) is 49.9 Å². The van der Waals surface area contributed by atoms with E-state index in [4.69, 9.17) is 0 Å². The summed E-state index contributed by atoms with van der Waals surface area (Å²) in [6.07, 6.45) is 0. The number of fused-ring (bicyclic) bond motifs is 4. The molecule has 4 heterocycles. The predicted molar refractivity (Wildman–Crippen MR) is 58.6 cm³/mol. The summed E-state index contributed by atoms with van der Waals surface area (Å²) in [5, 5.41) is 52.8. The molecule has 5 aliphatic rings. The van der Waals surface area contributed by atoms with E-state index in [0.717, 1.165) is 0 Å². The van der Waals surface area contributed by atoms with Crippen molar-refractivity contribution in [1.29, 1.82) is 0 Å². The van der Waals surface area contributed by atoms with E-state index in [1.807, 2.05) is 0 Å². The third-order valence-electron chi connectivity index (χ3n) is 4.39. The van der Waals surface area contributed by atoms with Gasteiger partial charge in [0.05, 0.1) is 0 Å².